The number of imidazole rings is 1. The van der Waals surface area contributed by atoms with Crippen molar-refractivity contribution in [1.29, 1.82) is 5.26 Å². The average molecular weight is 193 g/mol. The molecule has 0 atom stereocenters. The first-order valence-electron chi connectivity index (χ1n) is 3.64. The van der Waals surface area contributed by atoms with Crippen LogP contribution in [0, 0.1) is 11.3 Å². The summed E-state index contributed by atoms with van der Waals surface area (Å²) >= 11 is 5.73. The zero-order chi connectivity index (χ0) is 9.26. The highest BCUT2D eigenvalue weighted by Gasteiger charge is 2.02. The van der Waals surface area contributed by atoms with E-state index in [0.717, 1.165) is 0 Å². The standard InChI is InChI=1S/C8H5ClN4/c9-6-3-7-8(11-4-6)13(2-1-10)5-12-7/h3-5H,2H2. The minimum atomic E-state index is 0.255. The molecular formula is C8H5ClN4. The van der Waals surface area contributed by atoms with E-state index in [9.17, 15) is 0 Å². The first-order chi connectivity index (χ1) is 6.31. The Balaban J connectivity index is 2.63. The van der Waals surface area contributed by atoms with Gasteiger partial charge in [0.15, 0.2) is 5.65 Å². The number of rotatable bonds is 1. The lowest BCUT2D eigenvalue weighted by Gasteiger charge is -1.94. The van der Waals surface area contributed by atoms with Crippen molar-refractivity contribution in [3.63, 3.8) is 0 Å². The molecule has 0 saturated carbocycles. The molecule has 0 fully saturated rings. The smallest absolute Gasteiger partial charge is 0.160 e. The Bertz CT molecular complexity index is 482. The third kappa shape index (κ3) is 1.34. The lowest BCUT2D eigenvalue weighted by atomic mass is 10.4. The average Bonchev–Trinajstić information content (AvgIpc) is 2.49. The maximum atomic E-state index is 8.50. The second kappa shape index (κ2) is 3.04. The van der Waals surface area contributed by atoms with E-state index in [-0.39, 0.29) is 6.54 Å². The molecule has 4 nitrogen and oxygen atoms in total. The molecule has 0 unspecified atom stereocenters. The molecule has 13 heavy (non-hydrogen) atoms. The maximum absolute atomic E-state index is 8.50. The van der Waals surface area contributed by atoms with Crippen LogP contribution in [0.3, 0.4) is 0 Å². The lowest BCUT2D eigenvalue weighted by Crippen LogP contribution is -1.93. The van der Waals surface area contributed by atoms with Gasteiger partial charge < -0.3 is 4.57 Å². The second-order valence-electron chi connectivity index (χ2n) is 2.53. The van der Waals surface area contributed by atoms with E-state index in [2.05, 4.69) is 9.97 Å². The number of hydrogen-bond acceptors (Lipinski definition) is 3. The topological polar surface area (TPSA) is 54.5 Å². The van der Waals surface area contributed by atoms with Crippen LogP contribution in [0.2, 0.25) is 5.02 Å². The molecule has 0 bridgehead atoms. The minimum Gasteiger partial charge on any atom is -0.301 e. The Hall–Kier alpha value is -1.60. The second-order valence-corrected chi connectivity index (χ2v) is 2.96. The van der Waals surface area contributed by atoms with E-state index in [0.29, 0.717) is 16.2 Å². The zero-order valence-corrected chi connectivity index (χ0v) is 7.36. The molecule has 0 N–H and O–H groups in total. The summed E-state index contributed by atoms with van der Waals surface area (Å²) in [5.41, 5.74) is 1.40. The van der Waals surface area contributed by atoms with Crippen LogP contribution in [0.1, 0.15) is 0 Å². The Morgan fingerprint density at radius 2 is 2.38 bits per heavy atom. The van der Waals surface area contributed by atoms with Gasteiger partial charge in [-0.25, -0.2) is 9.97 Å². The highest BCUT2D eigenvalue weighted by Crippen LogP contribution is 2.14. The summed E-state index contributed by atoms with van der Waals surface area (Å²) in [7, 11) is 0. The summed E-state index contributed by atoms with van der Waals surface area (Å²) in [4.78, 5) is 8.14. The Morgan fingerprint density at radius 1 is 1.54 bits per heavy atom. The molecule has 0 saturated heterocycles. The summed E-state index contributed by atoms with van der Waals surface area (Å²) in [6.45, 7) is 0.255. The molecule has 0 aliphatic carbocycles. The van der Waals surface area contributed by atoms with Crippen LogP contribution in [0.5, 0.6) is 0 Å². The van der Waals surface area contributed by atoms with E-state index >= 15 is 0 Å². The monoisotopic (exact) mass is 192 g/mol. The molecule has 0 amide bonds. The first-order valence-corrected chi connectivity index (χ1v) is 4.02. The van der Waals surface area contributed by atoms with Crippen molar-refractivity contribution >= 4 is 22.8 Å². The van der Waals surface area contributed by atoms with E-state index in [1.54, 1.807) is 23.2 Å². The predicted octanol–water partition coefficient (Wildman–Crippen LogP) is 1.61. The molecular weight excluding hydrogens is 188 g/mol. The molecule has 0 radical (unpaired) electrons. The fourth-order valence-corrected chi connectivity index (χ4v) is 1.27. The SMILES string of the molecule is N#CCn1cnc2cc(Cl)cnc21. The van der Waals surface area contributed by atoms with Gasteiger partial charge in [-0.2, -0.15) is 5.26 Å². The minimum absolute atomic E-state index is 0.255. The normalized spacial score (nSPS) is 10.2. The zero-order valence-electron chi connectivity index (χ0n) is 6.61. The number of nitrogens with zero attached hydrogens (tertiary/aromatic N) is 4. The third-order valence-corrected chi connectivity index (χ3v) is 1.87. The highest BCUT2D eigenvalue weighted by atomic mass is 35.5. The maximum Gasteiger partial charge on any atom is 0.160 e. The Morgan fingerprint density at radius 3 is 3.15 bits per heavy atom. The van der Waals surface area contributed by atoms with E-state index in [4.69, 9.17) is 16.9 Å². The molecule has 0 spiro atoms. The van der Waals surface area contributed by atoms with Crippen LogP contribution in [-0.2, 0) is 6.54 Å². The van der Waals surface area contributed by atoms with Crippen molar-refractivity contribution in [3.8, 4) is 6.07 Å². The van der Waals surface area contributed by atoms with E-state index < -0.39 is 0 Å². The van der Waals surface area contributed by atoms with Crippen LogP contribution in [0.4, 0.5) is 0 Å². The van der Waals surface area contributed by atoms with Crippen molar-refractivity contribution < 1.29 is 0 Å². The molecule has 2 aromatic heterocycles. The fourth-order valence-electron chi connectivity index (χ4n) is 1.12. The van der Waals surface area contributed by atoms with Gasteiger partial charge >= 0.3 is 0 Å². The summed E-state index contributed by atoms with van der Waals surface area (Å²) in [6, 6.07) is 3.75. The van der Waals surface area contributed by atoms with Gasteiger partial charge in [-0.1, -0.05) is 11.6 Å². The van der Waals surface area contributed by atoms with Gasteiger partial charge in [-0.3, -0.25) is 0 Å². The van der Waals surface area contributed by atoms with Gasteiger partial charge in [0, 0.05) is 6.20 Å². The molecule has 0 aliphatic heterocycles. The Kier molecular flexibility index (Phi) is 1.87. The van der Waals surface area contributed by atoms with Gasteiger partial charge in [0.1, 0.15) is 12.1 Å². The van der Waals surface area contributed by atoms with Crippen molar-refractivity contribution in [2.45, 2.75) is 6.54 Å². The molecule has 0 aliphatic rings. The van der Waals surface area contributed by atoms with Gasteiger partial charge in [0.25, 0.3) is 0 Å². The number of nitriles is 1. The van der Waals surface area contributed by atoms with Gasteiger partial charge in [-0.15, -0.1) is 0 Å². The van der Waals surface area contributed by atoms with Crippen LogP contribution in [-0.4, -0.2) is 14.5 Å². The van der Waals surface area contributed by atoms with Crippen molar-refractivity contribution in [2.24, 2.45) is 0 Å². The van der Waals surface area contributed by atoms with Crippen LogP contribution in [0.25, 0.3) is 11.2 Å². The Labute approximate surface area is 79.4 Å². The van der Waals surface area contributed by atoms with Gasteiger partial charge in [0.2, 0.25) is 0 Å². The van der Waals surface area contributed by atoms with Crippen LogP contribution >= 0.6 is 11.6 Å². The summed E-state index contributed by atoms with van der Waals surface area (Å²) < 4.78 is 1.67. The molecule has 2 rings (SSSR count). The number of aromatic nitrogens is 3. The van der Waals surface area contributed by atoms with Gasteiger partial charge in [0.05, 0.1) is 17.4 Å². The quantitative estimate of drug-likeness (QED) is 0.690. The van der Waals surface area contributed by atoms with E-state index in [1.165, 1.54) is 0 Å². The summed E-state index contributed by atoms with van der Waals surface area (Å²) in [5, 5.41) is 9.05. The number of halogens is 1. The molecule has 2 heterocycles. The van der Waals surface area contributed by atoms with Gasteiger partial charge in [-0.05, 0) is 6.07 Å². The lowest BCUT2D eigenvalue weighted by molar-refractivity contribution is 0.848. The number of hydrogen-bond donors (Lipinski definition) is 0. The molecule has 64 valence electrons. The summed E-state index contributed by atoms with van der Waals surface area (Å²) in [5.74, 6) is 0. The van der Waals surface area contributed by atoms with Crippen LogP contribution < -0.4 is 0 Å². The largest absolute Gasteiger partial charge is 0.301 e. The fraction of sp³-hybridized carbons (Fsp3) is 0.125. The highest BCUT2D eigenvalue weighted by molar-refractivity contribution is 6.30. The van der Waals surface area contributed by atoms with Crippen molar-refractivity contribution in [1.82, 2.24) is 14.5 Å². The number of fused-ring (bicyclic) bond motifs is 1. The molecule has 0 aromatic carbocycles. The van der Waals surface area contributed by atoms with Crippen LogP contribution in [0.15, 0.2) is 18.6 Å². The predicted molar refractivity (Wildman–Crippen MR) is 48.2 cm³/mol. The van der Waals surface area contributed by atoms with E-state index in [1.807, 2.05) is 6.07 Å². The summed E-state index contributed by atoms with van der Waals surface area (Å²) in [6.07, 6.45) is 3.12. The third-order valence-electron chi connectivity index (χ3n) is 1.66. The molecule has 2 aromatic rings. The van der Waals surface area contributed by atoms with Crippen molar-refractivity contribution in [2.75, 3.05) is 0 Å². The van der Waals surface area contributed by atoms with Crippen molar-refractivity contribution in [3.05, 3.63) is 23.6 Å². The molecule has 5 heteroatoms. The first kappa shape index (κ1) is 8.02. The number of pyridine rings is 1.